The van der Waals surface area contributed by atoms with Crippen molar-refractivity contribution in [1.29, 1.82) is 0 Å². The zero-order valence-electron chi connectivity index (χ0n) is 12.7. The van der Waals surface area contributed by atoms with E-state index in [1.165, 1.54) is 0 Å². The van der Waals surface area contributed by atoms with Gasteiger partial charge in [0.1, 0.15) is 5.75 Å². The SMILES string of the molecule is O=C(COc1ccc(Cl)cc1)NCCS(=O)(=O)Nc1ccccc1. The van der Waals surface area contributed by atoms with E-state index in [4.69, 9.17) is 16.3 Å². The van der Waals surface area contributed by atoms with Gasteiger partial charge in [0.15, 0.2) is 6.61 Å². The number of benzene rings is 2. The highest BCUT2D eigenvalue weighted by atomic mass is 35.5. The zero-order valence-corrected chi connectivity index (χ0v) is 14.3. The summed E-state index contributed by atoms with van der Waals surface area (Å²) in [6, 6.07) is 15.1. The maximum absolute atomic E-state index is 11.9. The predicted octanol–water partition coefficient (Wildman–Crippen LogP) is 2.28. The van der Waals surface area contributed by atoms with E-state index in [0.29, 0.717) is 16.5 Å². The van der Waals surface area contributed by atoms with Crippen LogP contribution in [-0.2, 0) is 14.8 Å². The number of carbonyl (C=O) groups excluding carboxylic acids is 1. The Morgan fingerprint density at radius 3 is 2.38 bits per heavy atom. The molecular weight excluding hydrogens is 352 g/mol. The van der Waals surface area contributed by atoms with Crippen molar-refractivity contribution in [1.82, 2.24) is 5.32 Å². The van der Waals surface area contributed by atoms with Gasteiger partial charge in [-0.3, -0.25) is 9.52 Å². The molecule has 128 valence electrons. The van der Waals surface area contributed by atoms with Gasteiger partial charge in [-0.1, -0.05) is 29.8 Å². The lowest BCUT2D eigenvalue weighted by molar-refractivity contribution is -0.122. The standard InChI is InChI=1S/C16H17ClN2O4S/c17-13-6-8-15(9-7-13)23-12-16(20)18-10-11-24(21,22)19-14-4-2-1-3-5-14/h1-9,19H,10-12H2,(H,18,20). The predicted molar refractivity (Wildman–Crippen MR) is 93.8 cm³/mol. The molecule has 1 amide bonds. The molecule has 0 aliphatic rings. The minimum atomic E-state index is -3.52. The number of sulfonamides is 1. The molecule has 2 aromatic rings. The van der Waals surface area contributed by atoms with Crippen LogP contribution in [0.5, 0.6) is 5.75 Å². The van der Waals surface area contributed by atoms with E-state index in [1.807, 2.05) is 0 Å². The van der Waals surface area contributed by atoms with Crippen molar-refractivity contribution < 1.29 is 17.9 Å². The summed E-state index contributed by atoms with van der Waals surface area (Å²) < 4.78 is 31.5. The van der Waals surface area contributed by atoms with Gasteiger partial charge < -0.3 is 10.1 Å². The van der Waals surface area contributed by atoms with Gasteiger partial charge in [-0.25, -0.2) is 8.42 Å². The molecule has 0 unspecified atom stereocenters. The third-order valence-corrected chi connectivity index (χ3v) is 4.46. The van der Waals surface area contributed by atoms with Gasteiger partial charge in [0, 0.05) is 17.3 Å². The second kappa shape index (κ2) is 8.56. The monoisotopic (exact) mass is 368 g/mol. The second-order valence-electron chi connectivity index (χ2n) is 4.88. The fraction of sp³-hybridized carbons (Fsp3) is 0.188. The zero-order chi connectivity index (χ0) is 17.4. The van der Waals surface area contributed by atoms with Crippen LogP contribution >= 0.6 is 11.6 Å². The average molecular weight is 369 g/mol. The van der Waals surface area contributed by atoms with Crippen LogP contribution in [0.4, 0.5) is 5.69 Å². The van der Waals surface area contributed by atoms with Crippen LogP contribution in [0.15, 0.2) is 54.6 Å². The molecule has 2 aromatic carbocycles. The molecule has 0 aliphatic carbocycles. The Morgan fingerprint density at radius 1 is 1.04 bits per heavy atom. The van der Waals surface area contributed by atoms with E-state index in [2.05, 4.69) is 10.0 Å². The lowest BCUT2D eigenvalue weighted by Crippen LogP contribution is -2.34. The molecule has 0 radical (unpaired) electrons. The summed E-state index contributed by atoms with van der Waals surface area (Å²) in [6.45, 7) is -0.210. The number of rotatable bonds is 8. The Balaban J connectivity index is 1.70. The number of carbonyl (C=O) groups is 1. The molecule has 24 heavy (non-hydrogen) atoms. The molecule has 2 N–H and O–H groups in total. The fourth-order valence-electron chi connectivity index (χ4n) is 1.79. The third kappa shape index (κ3) is 6.47. The number of ether oxygens (including phenoxy) is 1. The summed E-state index contributed by atoms with van der Waals surface area (Å²) in [6.07, 6.45) is 0. The Kier molecular flexibility index (Phi) is 6.45. The van der Waals surface area contributed by atoms with Gasteiger partial charge >= 0.3 is 0 Å². The van der Waals surface area contributed by atoms with Crippen LogP contribution in [-0.4, -0.2) is 33.2 Å². The summed E-state index contributed by atoms with van der Waals surface area (Å²) in [7, 11) is -3.52. The van der Waals surface area contributed by atoms with Crippen LogP contribution in [0.1, 0.15) is 0 Å². The first kappa shape index (κ1) is 18.1. The van der Waals surface area contributed by atoms with Crippen molar-refractivity contribution in [2.75, 3.05) is 23.6 Å². The van der Waals surface area contributed by atoms with Gasteiger partial charge in [0.2, 0.25) is 10.0 Å². The van der Waals surface area contributed by atoms with Gasteiger partial charge in [-0.2, -0.15) is 0 Å². The number of anilines is 1. The maximum Gasteiger partial charge on any atom is 0.257 e. The summed E-state index contributed by atoms with van der Waals surface area (Å²) >= 11 is 5.75. The quantitative estimate of drug-likeness (QED) is 0.748. The van der Waals surface area contributed by atoms with Crippen molar-refractivity contribution >= 4 is 33.2 Å². The van der Waals surface area contributed by atoms with E-state index in [-0.39, 0.29) is 18.9 Å². The number of hydrogen-bond acceptors (Lipinski definition) is 4. The molecule has 0 atom stereocenters. The highest BCUT2D eigenvalue weighted by Gasteiger charge is 2.11. The molecule has 6 nitrogen and oxygen atoms in total. The van der Waals surface area contributed by atoms with E-state index in [9.17, 15) is 13.2 Å². The van der Waals surface area contributed by atoms with Gasteiger partial charge in [0.05, 0.1) is 5.75 Å². The minimum Gasteiger partial charge on any atom is -0.484 e. The lowest BCUT2D eigenvalue weighted by Gasteiger charge is -2.09. The van der Waals surface area contributed by atoms with Gasteiger partial charge in [0.25, 0.3) is 5.91 Å². The van der Waals surface area contributed by atoms with Crippen LogP contribution in [0, 0.1) is 0 Å². The maximum atomic E-state index is 11.9. The number of para-hydroxylation sites is 1. The van der Waals surface area contributed by atoms with Crippen molar-refractivity contribution in [3.8, 4) is 5.75 Å². The number of halogens is 1. The molecule has 0 saturated heterocycles. The van der Waals surface area contributed by atoms with E-state index in [1.54, 1.807) is 54.6 Å². The van der Waals surface area contributed by atoms with Crippen LogP contribution in [0.25, 0.3) is 0 Å². The number of hydrogen-bond donors (Lipinski definition) is 2. The van der Waals surface area contributed by atoms with Gasteiger partial charge in [-0.15, -0.1) is 0 Å². The first-order valence-corrected chi connectivity index (χ1v) is 9.18. The molecule has 0 saturated carbocycles. The summed E-state index contributed by atoms with van der Waals surface area (Å²) in [5, 5.41) is 3.07. The Morgan fingerprint density at radius 2 is 1.71 bits per heavy atom. The molecular formula is C16H17ClN2O4S. The number of nitrogens with one attached hydrogen (secondary N) is 2. The van der Waals surface area contributed by atoms with E-state index >= 15 is 0 Å². The first-order valence-electron chi connectivity index (χ1n) is 7.15. The van der Waals surface area contributed by atoms with Crippen LogP contribution in [0.3, 0.4) is 0 Å². The second-order valence-corrected chi connectivity index (χ2v) is 7.16. The Bertz CT molecular complexity index is 764. The van der Waals surface area contributed by atoms with E-state index < -0.39 is 15.9 Å². The average Bonchev–Trinajstić information content (AvgIpc) is 2.54. The third-order valence-electron chi connectivity index (χ3n) is 2.92. The molecule has 0 aliphatic heterocycles. The minimum absolute atomic E-state index is 0.00895. The van der Waals surface area contributed by atoms with Gasteiger partial charge in [-0.05, 0) is 36.4 Å². The lowest BCUT2D eigenvalue weighted by atomic mass is 10.3. The first-order chi connectivity index (χ1) is 11.4. The van der Waals surface area contributed by atoms with Crippen molar-refractivity contribution in [3.63, 3.8) is 0 Å². The molecule has 2 rings (SSSR count). The largest absolute Gasteiger partial charge is 0.484 e. The Labute approximate surface area is 145 Å². The summed E-state index contributed by atoms with van der Waals surface area (Å²) in [5.74, 6) is -0.123. The van der Waals surface area contributed by atoms with E-state index in [0.717, 1.165) is 0 Å². The molecule has 8 heteroatoms. The van der Waals surface area contributed by atoms with Crippen molar-refractivity contribution in [2.45, 2.75) is 0 Å². The van der Waals surface area contributed by atoms with Crippen molar-refractivity contribution in [3.05, 3.63) is 59.6 Å². The highest BCUT2D eigenvalue weighted by Crippen LogP contribution is 2.15. The van der Waals surface area contributed by atoms with Crippen molar-refractivity contribution in [2.24, 2.45) is 0 Å². The summed E-state index contributed by atoms with van der Waals surface area (Å²) in [4.78, 5) is 11.7. The number of amides is 1. The molecule has 0 heterocycles. The van der Waals surface area contributed by atoms with Crippen LogP contribution in [0.2, 0.25) is 5.02 Å². The highest BCUT2D eigenvalue weighted by molar-refractivity contribution is 7.92. The fourth-order valence-corrected chi connectivity index (χ4v) is 2.89. The normalized spacial score (nSPS) is 10.9. The van der Waals surface area contributed by atoms with Crippen LogP contribution < -0.4 is 14.8 Å². The molecule has 0 aromatic heterocycles. The Hall–Kier alpha value is -2.25. The topological polar surface area (TPSA) is 84.5 Å². The molecule has 0 bridgehead atoms. The molecule has 0 fully saturated rings. The smallest absolute Gasteiger partial charge is 0.257 e. The summed E-state index contributed by atoms with van der Waals surface area (Å²) in [5.41, 5.74) is 0.481. The molecule has 0 spiro atoms.